The van der Waals surface area contributed by atoms with Gasteiger partial charge in [0.25, 0.3) is 0 Å². The van der Waals surface area contributed by atoms with Gasteiger partial charge in [0.2, 0.25) is 5.91 Å². The fraction of sp³-hybridized carbons (Fsp3) is 0.176. The van der Waals surface area contributed by atoms with Crippen LogP contribution in [0.5, 0.6) is 0 Å². The third-order valence-electron chi connectivity index (χ3n) is 3.51. The van der Waals surface area contributed by atoms with Gasteiger partial charge in [0.05, 0.1) is 29.1 Å². The number of nitrogens with zero attached hydrogens (tertiary/aromatic N) is 2. The first kappa shape index (κ1) is 16.6. The molecule has 0 atom stereocenters. The molecule has 0 aliphatic heterocycles. The fourth-order valence-electron chi connectivity index (χ4n) is 2.29. The van der Waals surface area contributed by atoms with Crippen molar-refractivity contribution in [2.24, 2.45) is 0 Å². The lowest BCUT2D eigenvalue weighted by Gasteiger charge is -2.10. The van der Waals surface area contributed by atoms with Crippen LogP contribution in [-0.4, -0.2) is 15.7 Å². The summed E-state index contributed by atoms with van der Waals surface area (Å²) in [6.45, 7) is 0.417. The molecule has 0 saturated heterocycles. The number of amides is 1. The van der Waals surface area contributed by atoms with Gasteiger partial charge in [-0.25, -0.2) is 4.68 Å². The van der Waals surface area contributed by atoms with Gasteiger partial charge in [0.1, 0.15) is 11.6 Å². The molecular weight excluding hydrogens is 349 g/mol. The molecule has 0 aliphatic rings. The average molecular weight is 364 g/mol. The highest BCUT2D eigenvalue weighted by molar-refractivity contribution is 6.42. The number of carbonyl (C=O) groups excluding carboxylic acids is 1. The zero-order valence-electron chi connectivity index (χ0n) is 12.7. The zero-order valence-corrected chi connectivity index (χ0v) is 14.2. The number of furan rings is 1. The summed E-state index contributed by atoms with van der Waals surface area (Å²) in [5.74, 6) is 1.28. The van der Waals surface area contributed by atoms with E-state index in [1.165, 1.54) is 0 Å². The molecule has 5 nitrogen and oxygen atoms in total. The molecule has 124 valence electrons. The van der Waals surface area contributed by atoms with E-state index in [1.54, 1.807) is 35.3 Å². The van der Waals surface area contributed by atoms with Crippen LogP contribution in [0, 0.1) is 0 Å². The molecule has 24 heavy (non-hydrogen) atoms. The van der Waals surface area contributed by atoms with Gasteiger partial charge in [-0.3, -0.25) is 4.79 Å². The topological polar surface area (TPSA) is 60.1 Å². The third-order valence-corrected chi connectivity index (χ3v) is 4.37. The molecule has 0 unspecified atom stereocenters. The summed E-state index contributed by atoms with van der Waals surface area (Å²) in [5, 5.41) is 8.06. The Bertz CT molecular complexity index is 828. The van der Waals surface area contributed by atoms with Gasteiger partial charge in [0, 0.05) is 18.9 Å². The minimum Gasteiger partial charge on any atom is -0.469 e. The van der Waals surface area contributed by atoms with Crippen LogP contribution in [0.1, 0.15) is 17.7 Å². The van der Waals surface area contributed by atoms with E-state index in [1.807, 2.05) is 18.2 Å². The highest BCUT2D eigenvalue weighted by Crippen LogP contribution is 2.26. The normalized spacial score (nSPS) is 10.8. The van der Waals surface area contributed by atoms with Crippen molar-refractivity contribution in [3.63, 3.8) is 0 Å². The van der Waals surface area contributed by atoms with Gasteiger partial charge >= 0.3 is 0 Å². The van der Waals surface area contributed by atoms with Gasteiger partial charge in [-0.05, 0) is 23.8 Å². The monoisotopic (exact) mass is 363 g/mol. The molecule has 1 N–H and O–H groups in total. The average Bonchev–Trinajstić information content (AvgIpc) is 3.22. The van der Waals surface area contributed by atoms with Crippen molar-refractivity contribution in [1.82, 2.24) is 9.78 Å². The maximum Gasteiger partial charge on any atom is 0.225 e. The standard InChI is InChI=1S/C17H15Cl2N3O2/c18-14-5-1-3-12(17(14)19)11-22-15(8-9-20-22)21-16(23)7-6-13-4-2-10-24-13/h1-5,8-10H,6-7,11H2,(H,21,23). The number of aryl methyl sites for hydroxylation is 1. The van der Waals surface area contributed by atoms with Gasteiger partial charge in [-0.2, -0.15) is 5.10 Å². The largest absolute Gasteiger partial charge is 0.469 e. The first-order valence-corrected chi connectivity index (χ1v) is 8.16. The van der Waals surface area contributed by atoms with Crippen molar-refractivity contribution >= 4 is 34.9 Å². The van der Waals surface area contributed by atoms with E-state index in [4.69, 9.17) is 27.6 Å². The van der Waals surface area contributed by atoms with E-state index in [0.29, 0.717) is 35.2 Å². The molecule has 0 fully saturated rings. The number of hydrogen-bond donors (Lipinski definition) is 1. The Balaban J connectivity index is 1.64. The van der Waals surface area contributed by atoms with Crippen molar-refractivity contribution in [3.05, 3.63) is 70.2 Å². The summed E-state index contributed by atoms with van der Waals surface area (Å²) in [7, 11) is 0. The molecule has 0 saturated carbocycles. The lowest BCUT2D eigenvalue weighted by Crippen LogP contribution is -2.16. The highest BCUT2D eigenvalue weighted by atomic mass is 35.5. The first-order chi connectivity index (χ1) is 11.6. The Morgan fingerprint density at radius 2 is 2.08 bits per heavy atom. The summed E-state index contributed by atoms with van der Waals surface area (Å²) in [6.07, 6.45) is 4.10. The number of hydrogen-bond acceptors (Lipinski definition) is 3. The van der Waals surface area contributed by atoms with Crippen molar-refractivity contribution in [2.45, 2.75) is 19.4 Å². The molecule has 2 heterocycles. The van der Waals surface area contributed by atoms with Crippen molar-refractivity contribution in [1.29, 1.82) is 0 Å². The van der Waals surface area contributed by atoms with E-state index in [0.717, 1.165) is 11.3 Å². The number of aromatic nitrogens is 2. The lowest BCUT2D eigenvalue weighted by molar-refractivity contribution is -0.116. The fourth-order valence-corrected chi connectivity index (χ4v) is 2.67. The number of halogens is 2. The predicted octanol–water partition coefficient (Wildman–Crippen LogP) is 4.40. The minimum absolute atomic E-state index is 0.106. The summed E-state index contributed by atoms with van der Waals surface area (Å²) >= 11 is 12.2. The molecule has 0 spiro atoms. The lowest BCUT2D eigenvalue weighted by atomic mass is 10.2. The number of benzene rings is 1. The Labute approximate surface area is 149 Å². The molecular formula is C17H15Cl2N3O2. The van der Waals surface area contributed by atoms with Gasteiger partial charge in [-0.1, -0.05) is 35.3 Å². The molecule has 0 radical (unpaired) electrons. The maximum absolute atomic E-state index is 12.1. The van der Waals surface area contributed by atoms with Crippen molar-refractivity contribution < 1.29 is 9.21 Å². The van der Waals surface area contributed by atoms with Gasteiger partial charge < -0.3 is 9.73 Å². The first-order valence-electron chi connectivity index (χ1n) is 7.40. The van der Waals surface area contributed by atoms with Crippen LogP contribution in [0.2, 0.25) is 10.0 Å². The van der Waals surface area contributed by atoms with Crippen LogP contribution < -0.4 is 5.32 Å². The smallest absolute Gasteiger partial charge is 0.225 e. The van der Waals surface area contributed by atoms with Crippen LogP contribution in [0.4, 0.5) is 5.82 Å². The molecule has 0 aliphatic carbocycles. The van der Waals surface area contributed by atoms with Crippen molar-refractivity contribution in [3.8, 4) is 0 Å². The molecule has 2 aromatic heterocycles. The summed E-state index contributed by atoms with van der Waals surface area (Å²) < 4.78 is 6.89. The van der Waals surface area contributed by atoms with E-state index < -0.39 is 0 Å². The second-order valence-electron chi connectivity index (χ2n) is 5.21. The highest BCUT2D eigenvalue weighted by Gasteiger charge is 2.11. The van der Waals surface area contributed by atoms with E-state index >= 15 is 0 Å². The number of carbonyl (C=O) groups is 1. The molecule has 0 bridgehead atoms. The maximum atomic E-state index is 12.1. The van der Waals surface area contributed by atoms with Crippen LogP contribution in [-0.2, 0) is 17.8 Å². The van der Waals surface area contributed by atoms with Crippen LogP contribution in [0.25, 0.3) is 0 Å². The number of anilines is 1. The van der Waals surface area contributed by atoms with Crippen LogP contribution in [0.15, 0.2) is 53.3 Å². The zero-order chi connectivity index (χ0) is 16.9. The Hall–Kier alpha value is -2.24. The van der Waals surface area contributed by atoms with E-state index in [2.05, 4.69) is 10.4 Å². The van der Waals surface area contributed by atoms with Crippen LogP contribution >= 0.6 is 23.2 Å². The van der Waals surface area contributed by atoms with Crippen molar-refractivity contribution in [2.75, 3.05) is 5.32 Å². The Morgan fingerprint density at radius 3 is 2.88 bits per heavy atom. The summed E-state index contributed by atoms with van der Waals surface area (Å²) in [4.78, 5) is 12.1. The SMILES string of the molecule is O=C(CCc1ccco1)Nc1ccnn1Cc1cccc(Cl)c1Cl. The molecule has 1 amide bonds. The molecule has 3 aromatic rings. The van der Waals surface area contributed by atoms with Gasteiger partial charge in [0.15, 0.2) is 0 Å². The number of nitrogens with one attached hydrogen (secondary N) is 1. The third kappa shape index (κ3) is 3.99. The molecule has 3 rings (SSSR count). The predicted molar refractivity (Wildman–Crippen MR) is 93.4 cm³/mol. The van der Waals surface area contributed by atoms with Gasteiger partial charge in [-0.15, -0.1) is 0 Å². The second kappa shape index (κ2) is 7.55. The molecule has 7 heteroatoms. The Kier molecular flexibility index (Phi) is 5.23. The molecule has 1 aromatic carbocycles. The summed E-state index contributed by atoms with van der Waals surface area (Å²) in [6, 6.07) is 10.8. The second-order valence-corrected chi connectivity index (χ2v) is 6.00. The minimum atomic E-state index is -0.106. The summed E-state index contributed by atoms with van der Waals surface area (Å²) in [5.41, 5.74) is 0.832. The van der Waals surface area contributed by atoms with E-state index in [9.17, 15) is 4.79 Å². The Morgan fingerprint density at radius 1 is 1.21 bits per heavy atom. The van der Waals surface area contributed by atoms with Crippen LogP contribution in [0.3, 0.4) is 0 Å². The van der Waals surface area contributed by atoms with E-state index in [-0.39, 0.29) is 5.91 Å². The number of rotatable bonds is 6. The quantitative estimate of drug-likeness (QED) is 0.705.